The van der Waals surface area contributed by atoms with Crippen molar-refractivity contribution in [3.8, 4) is 11.1 Å². The van der Waals surface area contributed by atoms with Crippen LogP contribution in [0.15, 0.2) is 34.4 Å². The van der Waals surface area contributed by atoms with E-state index in [1.54, 1.807) is 23.6 Å². The van der Waals surface area contributed by atoms with Crippen molar-refractivity contribution in [2.24, 2.45) is 0 Å². The number of ether oxygens (including phenoxy) is 1. The zero-order valence-corrected chi connectivity index (χ0v) is 18.8. The van der Waals surface area contributed by atoms with Gasteiger partial charge in [0.1, 0.15) is 16.5 Å². The second kappa shape index (κ2) is 8.78. The van der Waals surface area contributed by atoms with E-state index in [0.29, 0.717) is 46.3 Å². The van der Waals surface area contributed by atoms with Crippen molar-refractivity contribution in [1.29, 1.82) is 0 Å². The van der Waals surface area contributed by atoms with Gasteiger partial charge in [0.15, 0.2) is 0 Å². The highest BCUT2D eigenvalue weighted by Crippen LogP contribution is 2.33. The van der Waals surface area contributed by atoms with Crippen LogP contribution < -0.4 is 5.56 Å². The minimum atomic E-state index is -0.621. The van der Waals surface area contributed by atoms with E-state index in [4.69, 9.17) is 4.74 Å². The van der Waals surface area contributed by atoms with E-state index in [-0.39, 0.29) is 23.6 Å². The fourth-order valence-corrected chi connectivity index (χ4v) is 4.55. The van der Waals surface area contributed by atoms with Crippen molar-refractivity contribution in [2.45, 2.75) is 57.9 Å². The number of H-pyrrole nitrogens is 1. The smallest absolute Gasteiger partial charge is 0.260 e. The zero-order valence-electron chi connectivity index (χ0n) is 18.0. The summed E-state index contributed by atoms with van der Waals surface area (Å²) in [7, 11) is 0. The number of hydrogen-bond donors (Lipinski definition) is 2. The molecule has 2 heterocycles. The largest absolute Gasteiger partial charge is 0.389 e. The molecule has 1 saturated carbocycles. The van der Waals surface area contributed by atoms with Crippen molar-refractivity contribution < 1.29 is 14.2 Å². The number of aliphatic hydroxyl groups is 1. The normalized spacial score (nSPS) is 15.7. The molecule has 0 radical (unpaired) electrons. The molecule has 0 saturated heterocycles. The lowest BCUT2D eigenvalue weighted by Gasteiger charge is -2.27. The standard InChI is InChI=1S/C23H28FN3O3S/c1-23(2,3)30-12-15(28)10-27(14-8-9-14)11-19-25-21(29)20-17(13-31-22(20)26-19)16-6-4-5-7-18(16)24/h4-7,13-15,28H,8-12H2,1-3H3,(H,25,26,29). The van der Waals surface area contributed by atoms with E-state index < -0.39 is 6.10 Å². The molecule has 2 N–H and O–H groups in total. The number of nitrogens with one attached hydrogen (secondary N) is 1. The molecule has 1 atom stereocenters. The average Bonchev–Trinajstić information content (AvgIpc) is 3.46. The molecule has 4 rings (SSSR count). The van der Waals surface area contributed by atoms with Crippen LogP contribution in [0.2, 0.25) is 0 Å². The summed E-state index contributed by atoms with van der Waals surface area (Å²) in [5.74, 6) is 0.187. The molecule has 8 heteroatoms. The zero-order chi connectivity index (χ0) is 22.2. The number of benzene rings is 1. The number of rotatable bonds is 8. The molecule has 1 aliphatic carbocycles. The SMILES string of the molecule is CC(C)(C)OCC(O)CN(Cc1nc2scc(-c3ccccc3F)c2c(=O)[nH]1)C1CC1. The summed E-state index contributed by atoms with van der Waals surface area (Å²) in [5, 5.41) is 12.6. The molecule has 0 bridgehead atoms. The number of halogens is 1. The van der Waals surface area contributed by atoms with Gasteiger partial charge < -0.3 is 14.8 Å². The van der Waals surface area contributed by atoms with E-state index in [9.17, 15) is 14.3 Å². The lowest BCUT2D eigenvalue weighted by atomic mass is 10.1. The number of hydrogen-bond acceptors (Lipinski definition) is 6. The molecule has 31 heavy (non-hydrogen) atoms. The number of thiophene rings is 1. The molecule has 166 valence electrons. The van der Waals surface area contributed by atoms with Gasteiger partial charge in [0.2, 0.25) is 0 Å². The second-order valence-electron chi connectivity index (χ2n) is 9.06. The Kier molecular flexibility index (Phi) is 6.25. The summed E-state index contributed by atoms with van der Waals surface area (Å²) in [6.07, 6.45) is 1.51. The monoisotopic (exact) mass is 445 g/mol. The Morgan fingerprint density at radius 1 is 1.32 bits per heavy atom. The Hall–Kier alpha value is -2.13. The van der Waals surface area contributed by atoms with Gasteiger partial charge in [-0.25, -0.2) is 9.37 Å². The van der Waals surface area contributed by atoms with Gasteiger partial charge in [-0.05, 0) is 39.7 Å². The van der Waals surface area contributed by atoms with Crippen molar-refractivity contribution in [3.63, 3.8) is 0 Å². The first-order valence-corrected chi connectivity index (χ1v) is 11.4. The number of nitrogens with zero attached hydrogens (tertiary/aromatic N) is 2. The van der Waals surface area contributed by atoms with E-state index in [2.05, 4.69) is 14.9 Å². The van der Waals surface area contributed by atoms with Crippen LogP contribution in [0, 0.1) is 5.82 Å². The lowest BCUT2D eigenvalue weighted by Crippen LogP contribution is -2.38. The lowest BCUT2D eigenvalue weighted by molar-refractivity contribution is -0.0574. The quantitative estimate of drug-likeness (QED) is 0.549. The average molecular weight is 446 g/mol. The van der Waals surface area contributed by atoms with Crippen LogP contribution in [0.5, 0.6) is 0 Å². The Balaban J connectivity index is 1.54. The van der Waals surface area contributed by atoms with Gasteiger partial charge in [-0.2, -0.15) is 0 Å². The van der Waals surface area contributed by atoms with Crippen LogP contribution in [0.3, 0.4) is 0 Å². The third kappa shape index (κ3) is 5.38. The topological polar surface area (TPSA) is 78.5 Å². The first-order valence-electron chi connectivity index (χ1n) is 10.5. The predicted octanol–water partition coefficient (Wildman–Crippen LogP) is 3.93. The molecule has 1 fully saturated rings. The highest BCUT2D eigenvalue weighted by atomic mass is 32.1. The first-order chi connectivity index (χ1) is 14.7. The molecular formula is C23H28FN3O3S. The summed E-state index contributed by atoms with van der Waals surface area (Å²) < 4.78 is 19.9. The molecular weight excluding hydrogens is 417 g/mol. The molecule has 1 unspecified atom stereocenters. The molecule has 1 aromatic carbocycles. The summed E-state index contributed by atoms with van der Waals surface area (Å²) in [6.45, 7) is 7.02. The van der Waals surface area contributed by atoms with Gasteiger partial charge in [-0.15, -0.1) is 11.3 Å². The van der Waals surface area contributed by atoms with Crippen molar-refractivity contribution in [3.05, 3.63) is 51.6 Å². The summed E-state index contributed by atoms with van der Waals surface area (Å²) in [6, 6.07) is 6.81. The fraction of sp³-hybridized carbons (Fsp3) is 0.478. The maximum absolute atomic E-state index is 14.2. The Bertz CT molecular complexity index is 1120. The highest BCUT2D eigenvalue weighted by molar-refractivity contribution is 7.17. The van der Waals surface area contributed by atoms with E-state index >= 15 is 0 Å². The minimum absolute atomic E-state index is 0.257. The van der Waals surface area contributed by atoms with Gasteiger partial charge in [0, 0.05) is 29.1 Å². The maximum atomic E-state index is 14.2. The predicted molar refractivity (Wildman–Crippen MR) is 121 cm³/mol. The van der Waals surface area contributed by atoms with E-state index in [1.807, 2.05) is 20.8 Å². The Morgan fingerprint density at radius 3 is 2.74 bits per heavy atom. The van der Waals surface area contributed by atoms with Crippen LogP contribution in [-0.4, -0.2) is 50.9 Å². The summed E-state index contributed by atoms with van der Waals surface area (Å²) in [5.41, 5.74) is 0.382. The van der Waals surface area contributed by atoms with Crippen LogP contribution in [0.25, 0.3) is 21.3 Å². The number of aliphatic hydroxyl groups excluding tert-OH is 1. The van der Waals surface area contributed by atoms with Crippen molar-refractivity contribution in [1.82, 2.24) is 14.9 Å². The highest BCUT2D eigenvalue weighted by Gasteiger charge is 2.31. The molecule has 6 nitrogen and oxygen atoms in total. The molecule has 0 aliphatic heterocycles. The molecule has 0 amide bonds. The Labute approximate surface area is 184 Å². The molecule has 1 aliphatic rings. The van der Waals surface area contributed by atoms with Gasteiger partial charge in [-0.1, -0.05) is 18.2 Å². The fourth-order valence-electron chi connectivity index (χ4n) is 3.59. The van der Waals surface area contributed by atoms with Gasteiger partial charge in [0.25, 0.3) is 5.56 Å². The van der Waals surface area contributed by atoms with Crippen LogP contribution in [0.4, 0.5) is 4.39 Å². The van der Waals surface area contributed by atoms with Crippen molar-refractivity contribution >= 4 is 21.6 Å². The number of aromatic amines is 1. The van der Waals surface area contributed by atoms with Crippen molar-refractivity contribution in [2.75, 3.05) is 13.2 Å². The third-order valence-corrected chi connectivity index (χ3v) is 6.10. The Morgan fingerprint density at radius 2 is 2.06 bits per heavy atom. The summed E-state index contributed by atoms with van der Waals surface area (Å²) >= 11 is 1.34. The van der Waals surface area contributed by atoms with Crippen LogP contribution in [-0.2, 0) is 11.3 Å². The van der Waals surface area contributed by atoms with Gasteiger partial charge in [-0.3, -0.25) is 9.69 Å². The molecule has 0 spiro atoms. The molecule has 2 aromatic heterocycles. The van der Waals surface area contributed by atoms with E-state index in [1.165, 1.54) is 17.4 Å². The summed E-state index contributed by atoms with van der Waals surface area (Å²) in [4.78, 5) is 23.1. The molecule has 3 aromatic rings. The van der Waals surface area contributed by atoms with Crippen LogP contribution in [0.1, 0.15) is 39.4 Å². The van der Waals surface area contributed by atoms with E-state index in [0.717, 1.165) is 12.8 Å². The van der Waals surface area contributed by atoms with Gasteiger partial charge in [0.05, 0.1) is 30.2 Å². The maximum Gasteiger partial charge on any atom is 0.260 e. The number of aromatic nitrogens is 2. The number of fused-ring (bicyclic) bond motifs is 1. The first kappa shape index (κ1) is 22.1. The van der Waals surface area contributed by atoms with Crippen LogP contribution >= 0.6 is 11.3 Å². The second-order valence-corrected chi connectivity index (χ2v) is 9.92. The minimum Gasteiger partial charge on any atom is -0.389 e. The van der Waals surface area contributed by atoms with Gasteiger partial charge >= 0.3 is 0 Å². The third-order valence-electron chi connectivity index (χ3n) is 5.23.